The summed E-state index contributed by atoms with van der Waals surface area (Å²) in [7, 11) is 0. The van der Waals surface area contributed by atoms with Gasteiger partial charge in [0.05, 0.1) is 0 Å². The van der Waals surface area contributed by atoms with Crippen LogP contribution >= 0.6 is 0 Å². The van der Waals surface area contributed by atoms with Crippen molar-refractivity contribution >= 4 is 5.97 Å². The molecule has 0 fully saturated rings. The summed E-state index contributed by atoms with van der Waals surface area (Å²) >= 11 is 0. The number of hydrogen-bond acceptors (Lipinski definition) is 1. The Morgan fingerprint density at radius 1 is 1.20 bits per heavy atom. The first-order chi connectivity index (χ1) is 4.65. The highest BCUT2D eigenvalue weighted by Gasteiger charge is 1.65. The molecule has 0 amide bonds. The number of hydrogen-bond donors (Lipinski definition) is 1. The smallest absolute Gasteiger partial charge is 0.300 e. The van der Waals surface area contributed by atoms with E-state index >= 15 is 0 Å². The first kappa shape index (κ1) is 11.7. The monoisotopic (exact) mass is 142 g/mol. The second kappa shape index (κ2) is 10.8. The maximum Gasteiger partial charge on any atom is 0.300 e. The standard InChI is InChI=1S/C6H10.C2H4O2/c1-3-5-6-4-2;1-2(3)4/h3-6H,1-2H3;1H3,(H,3,4). The van der Waals surface area contributed by atoms with Gasteiger partial charge in [-0.3, -0.25) is 4.79 Å². The molecule has 0 bridgehead atoms. The van der Waals surface area contributed by atoms with Gasteiger partial charge in [0.1, 0.15) is 0 Å². The minimum atomic E-state index is -0.833. The summed E-state index contributed by atoms with van der Waals surface area (Å²) in [6, 6.07) is 0. The Morgan fingerprint density at radius 3 is 1.50 bits per heavy atom. The van der Waals surface area contributed by atoms with Crippen LogP contribution in [0.3, 0.4) is 0 Å². The third-order valence-corrected chi connectivity index (χ3v) is 0.496. The Morgan fingerprint density at radius 2 is 1.40 bits per heavy atom. The Hall–Kier alpha value is -1.05. The first-order valence-electron chi connectivity index (χ1n) is 3.08. The van der Waals surface area contributed by atoms with Crippen LogP contribution in [0.1, 0.15) is 20.8 Å². The van der Waals surface area contributed by atoms with Crippen molar-refractivity contribution in [3.8, 4) is 0 Å². The molecule has 2 nitrogen and oxygen atoms in total. The summed E-state index contributed by atoms with van der Waals surface area (Å²) in [5.41, 5.74) is 0. The molecule has 0 aromatic carbocycles. The van der Waals surface area contributed by atoms with E-state index in [0.29, 0.717) is 0 Å². The molecule has 0 aliphatic rings. The Balaban J connectivity index is 0. The lowest BCUT2D eigenvalue weighted by Gasteiger charge is -1.62. The average molecular weight is 142 g/mol. The predicted octanol–water partition coefficient (Wildman–Crippen LogP) is 2.23. The second-order valence-electron chi connectivity index (χ2n) is 1.57. The highest BCUT2D eigenvalue weighted by molar-refractivity contribution is 5.62. The summed E-state index contributed by atoms with van der Waals surface area (Å²) in [5.74, 6) is -0.833. The summed E-state index contributed by atoms with van der Waals surface area (Å²) in [6.45, 7) is 5.08. The molecule has 0 unspecified atom stereocenters. The molecule has 0 aliphatic heterocycles. The quantitative estimate of drug-likeness (QED) is 0.570. The third-order valence-electron chi connectivity index (χ3n) is 0.496. The molecular weight excluding hydrogens is 128 g/mol. The van der Waals surface area contributed by atoms with Gasteiger partial charge in [0, 0.05) is 6.92 Å². The lowest BCUT2D eigenvalue weighted by Crippen LogP contribution is -1.78. The van der Waals surface area contributed by atoms with Crippen molar-refractivity contribution in [3.05, 3.63) is 24.3 Å². The Labute approximate surface area is 61.9 Å². The van der Waals surface area contributed by atoms with Gasteiger partial charge in [-0.2, -0.15) is 0 Å². The van der Waals surface area contributed by atoms with E-state index in [4.69, 9.17) is 9.90 Å². The van der Waals surface area contributed by atoms with E-state index in [1.165, 1.54) is 0 Å². The van der Waals surface area contributed by atoms with Crippen molar-refractivity contribution in [1.82, 2.24) is 0 Å². The maximum absolute atomic E-state index is 9.00. The lowest BCUT2D eigenvalue weighted by atomic mass is 10.5. The van der Waals surface area contributed by atoms with E-state index < -0.39 is 5.97 Å². The van der Waals surface area contributed by atoms with Crippen molar-refractivity contribution in [3.63, 3.8) is 0 Å². The average Bonchev–Trinajstić information content (AvgIpc) is 1.82. The number of carboxylic acid groups (broad SMARTS) is 1. The molecule has 0 atom stereocenters. The van der Waals surface area contributed by atoms with Gasteiger partial charge in [-0.05, 0) is 13.8 Å². The van der Waals surface area contributed by atoms with Gasteiger partial charge in [0.2, 0.25) is 0 Å². The van der Waals surface area contributed by atoms with Crippen LogP contribution in [0.4, 0.5) is 0 Å². The van der Waals surface area contributed by atoms with Crippen LogP contribution in [0.25, 0.3) is 0 Å². The van der Waals surface area contributed by atoms with Gasteiger partial charge in [0.15, 0.2) is 0 Å². The van der Waals surface area contributed by atoms with Gasteiger partial charge in [0.25, 0.3) is 5.97 Å². The van der Waals surface area contributed by atoms with Crippen molar-refractivity contribution in [2.45, 2.75) is 20.8 Å². The molecule has 0 radical (unpaired) electrons. The zero-order chi connectivity index (χ0) is 8.41. The van der Waals surface area contributed by atoms with Gasteiger partial charge in [-0.15, -0.1) is 0 Å². The fourth-order valence-electron chi connectivity index (χ4n) is 0.222. The number of carboxylic acids is 1. The fourth-order valence-corrected chi connectivity index (χ4v) is 0.222. The largest absolute Gasteiger partial charge is 0.481 e. The lowest BCUT2D eigenvalue weighted by molar-refractivity contribution is -0.134. The molecule has 0 heterocycles. The number of carbonyl (C=O) groups is 1. The maximum atomic E-state index is 9.00. The molecule has 0 spiro atoms. The Bertz CT molecular complexity index is 109. The molecule has 0 saturated heterocycles. The topological polar surface area (TPSA) is 37.3 Å². The number of allylic oxidation sites excluding steroid dienone is 4. The van der Waals surface area contributed by atoms with Crippen molar-refractivity contribution in [1.29, 1.82) is 0 Å². The first-order valence-corrected chi connectivity index (χ1v) is 3.08. The van der Waals surface area contributed by atoms with E-state index in [1.54, 1.807) is 0 Å². The summed E-state index contributed by atoms with van der Waals surface area (Å²) in [4.78, 5) is 9.00. The van der Waals surface area contributed by atoms with Crippen LogP contribution < -0.4 is 0 Å². The molecule has 0 aliphatic carbocycles. The molecule has 2 heteroatoms. The molecule has 0 saturated carbocycles. The highest BCUT2D eigenvalue weighted by Crippen LogP contribution is 1.71. The molecule has 0 aromatic rings. The van der Waals surface area contributed by atoms with Crippen LogP contribution in [0.15, 0.2) is 24.3 Å². The molecule has 58 valence electrons. The van der Waals surface area contributed by atoms with Gasteiger partial charge in [-0.25, -0.2) is 0 Å². The summed E-state index contributed by atoms with van der Waals surface area (Å²) in [5, 5.41) is 7.42. The minimum absolute atomic E-state index is 0.833. The van der Waals surface area contributed by atoms with E-state index in [2.05, 4.69) is 0 Å². The summed E-state index contributed by atoms with van der Waals surface area (Å²) < 4.78 is 0. The normalized spacial score (nSPS) is 9.50. The third kappa shape index (κ3) is 64.7. The zero-order valence-corrected chi connectivity index (χ0v) is 6.66. The minimum Gasteiger partial charge on any atom is -0.481 e. The van der Waals surface area contributed by atoms with Crippen molar-refractivity contribution in [2.24, 2.45) is 0 Å². The van der Waals surface area contributed by atoms with Crippen LogP contribution in [-0.2, 0) is 4.79 Å². The number of rotatable bonds is 1. The van der Waals surface area contributed by atoms with Crippen LogP contribution in [-0.4, -0.2) is 11.1 Å². The van der Waals surface area contributed by atoms with Gasteiger partial charge >= 0.3 is 0 Å². The number of aliphatic carboxylic acids is 1. The zero-order valence-electron chi connectivity index (χ0n) is 6.66. The molecule has 10 heavy (non-hydrogen) atoms. The molecular formula is C8H14O2. The van der Waals surface area contributed by atoms with E-state index in [-0.39, 0.29) is 0 Å². The SMILES string of the molecule is CC(=O)O.CC=CC=CC. The highest BCUT2D eigenvalue weighted by atomic mass is 16.4. The van der Waals surface area contributed by atoms with Gasteiger partial charge < -0.3 is 5.11 Å². The van der Waals surface area contributed by atoms with E-state index in [9.17, 15) is 0 Å². The summed E-state index contributed by atoms with van der Waals surface area (Å²) in [6.07, 6.45) is 8.00. The van der Waals surface area contributed by atoms with Crippen molar-refractivity contribution in [2.75, 3.05) is 0 Å². The Kier molecular flexibility index (Phi) is 12.7. The van der Waals surface area contributed by atoms with E-state index in [1.807, 2.05) is 38.2 Å². The predicted molar refractivity (Wildman–Crippen MR) is 42.9 cm³/mol. The fraction of sp³-hybridized carbons (Fsp3) is 0.375. The molecule has 0 aromatic heterocycles. The second-order valence-corrected chi connectivity index (χ2v) is 1.57. The molecule has 1 N–H and O–H groups in total. The van der Waals surface area contributed by atoms with Crippen LogP contribution in [0.5, 0.6) is 0 Å². The van der Waals surface area contributed by atoms with Crippen molar-refractivity contribution < 1.29 is 9.90 Å². The van der Waals surface area contributed by atoms with Crippen LogP contribution in [0, 0.1) is 0 Å². The van der Waals surface area contributed by atoms with Crippen LogP contribution in [0.2, 0.25) is 0 Å². The van der Waals surface area contributed by atoms with Gasteiger partial charge in [-0.1, -0.05) is 24.3 Å². The van der Waals surface area contributed by atoms with E-state index in [0.717, 1.165) is 6.92 Å². The molecule has 0 rings (SSSR count).